The van der Waals surface area contributed by atoms with Crippen molar-refractivity contribution in [2.45, 2.75) is 24.1 Å². The van der Waals surface area contributed by atoms with Gasteiger partial charge in [-0.15, -0.1) is 0 Å². The molecule has 78 valence electrons. The molecular weight excluding hydrogens is 232 g/mol. The Morgan fingerprint density at radius 1 is 1.23 bits per heavy atom. The van der Waals surface area contributed by atoms with Crippen LogP contribution in [-0.4, -0.2) is 34.1 Å². The summed E-state index contributed by atoms with van der Waals surface area (Å²) in [5, 5.41) is 0. The van der Waals surface area contributed by atoms with Gasteiger partial charge in [0.05, 0.1) is 0 Å². The van der Waals surface area contributed by atoms with E-state index in [-0.39, 0.29) is 12.2 Å². The number of carbonyl (C=O) groups excluding carboxylic acids is 1. The second-order valence-corrected chi connectivity index (χ2v) is 4.98. The number of rotatable bonds is 5. The van der Waals surface area contributed by atoms with Crippen molar-refractivity contribution in [3.8, 4) is 0 Å². The van der Waals surface area contributed by atoms with Crippen LogP contribution in [0.2, 0.25) is 0 Å². The van der Waals surface area contributed by atoms with E-state index in [0.29, 0.717) is 6.54 Å². The zero-order chi connectivity index (χ0) is 10.5. The van der Waals surface area contributed by atoms with E-state index in [2.05, 4.69) is 4.90 Å². The molecule has 0 heterocycles. The van der Waals surface area contributed by atoms with Crippen LogP contribution in [0.4, 0.5) is 0 Å². The molecule has 2 nitrogen and oxygen atoms in total. The molecule has 0 aromatic heterocycles. The largest absolute Gasteiger partial charge is 0.303 e. The third kappa shape index (κ3) is 5.74. The molecule has 0 atom stereocenters. The van der Waals surface area contributed by atoms with Crippen molar-refractivity contribution in [1.29, 1.82) is 0 Å². The van der Waals surface area contributed by atoms with Gasteiger partial charge in [-0.25, -0.2) is 0 Å². The lowest BCUT2D eigenvalue weighted by Gasteiger charge is -2.18. The van der Waals surface area contributed by atoms with Gasteiger partial charge in [-0.05, 0) is 13.1 Å². The first-order chi connectivity index (χ1) is 5.91. The molecule has 0 fully saturated rings. The lowest BCUT2D eigenvalue weighted by Crippen LogP contribution is -2.29. The Morgan fingerprint density at radius 2 is 1.69 bits per heavy atom. The second kappa shape index (κ2) is 6.07. The molecule has 13 heavy (non-hydrogen) atoms. The molecule has 0 aliphatic carbocycles. The monoisotopic (exact) mass is 245 g/mol. The number of alkyl halides is 3. The minimum atomic E-state index is -1.76. The minimum Gasteiger partial charge on any atom is -0.303 e. The fourth-order valence-corrected chi connectivity index (χ4v) is 1.22. The number of Topliss-reactive ketones (excluding diaryl/α,β-unsaturated/α-hetero) is 1. The highest BCUT2D eigenvalue weighted by Crippen LogP contribution is 2.28. The van der Waals surface area contributed by atoms with Gasteiger partial charge in [-0.3, -0.25) is 4.79 Å². The molecule has 0 aromatic rings. The number of hydrogen-bond acceptors (Lipinski definition) is 2. The van der Waals surface area contributed by atoms with Gasteiger partial charge in [-0.2, -0.15) is 0 Å². The molecule has 0 amide bonds. The number of carbonyl (C=O) groups is 1. The third-order valence-corrected chi connectivity index (χ3v) is 2.50. The highest BCUT2D eigenvalue weighted by Gasteiger charge is 2.29. The third-order valence-electron chi connectivity index (χ3n) is 1.87. The lowest BCUT2D eigenvalue weighted by molar-refractivity contribution is -0.118. The zero-order valence-electron chi connectivity index (χ0n) is 7.82. The van der Waals surface area contributed by atoms with Crippen molar-refractivity contribution in [3.05, 3.63) is 0 Å². The van der Waals surface area contributed by atoms with Crippen LogP contribution in [0, 0.1) is 0 Å². The molecule has 0 aliphatic rings. The van der Waals surface area contributed by atoms with E-state index in [1.807, 2.05) is 13.8 Å². The summed E-state index contributed by atoms with van der Waals surface area (Å²) in [5.74, 6) is -0.343. The Hall–Kier alpha value is 0.500. The molecule has 0 rings (SSSR count). The van der Waals surface area contributed by atoms with E-state index in [0.717, 1.165) is 13.1 Å². The number of nitrogens with zero attached hydrogens (tertiary/aromatic N) is 1. The number of hydrogen-bond donors (Lipinski definition) is 0. The quantitative estimate of drug-likeness (QED) is 0.695. The summed E-state index contributed by atoms with van der Waals surface area (Å²) in [6, 6.07) is 0. The summed E-state index contributed by atoms with van der Waals surface area (Å²) < 4.78 is -1.76. The average molecular weight is 247 g/mol. The van der Waals surface area contributed by atoms with Crippen LogP contribution in [0.5, 0.6) is 0 Å². The molecule has 5 heteroatoms. The van der Waals surface area contributed by atoms with Crippen LogP contribution in [0.15, 0.2) is 0 Å². The smallest absolute Gasteiger partial charge is 0.248 e. The highest BCUT2D eigenvalue weighted by atomic mass is 35.6. The Labute approximate surface area is 94.1 Å². The van der Waals surface area contributed by atoms with Gasteiger partial charge >= 0.3 is 0 Å². The van der Waals surface area contributed by atoms with Gasteiger partial charge in [0.15, 0.2) is 5.78 Å². The molecule has 0 radical (unpaired) electrons. The maximum absolute atomic E-state index is 11.2. The van der Waals surface area contributed by atoms with Gasteiger partial charge in [0.1, 0.15) is 0 Å². The first-order valence-electron chi connectivity index (χ1n) is 4.24. The Balaban J connectivity index is 3.82. The summed E-state index contributed by atoms with van der Waals surface area (Å²) in [4.78, 5) is 13.3. The predicted molar refractivity (Wildman–Crippen MR) is 57.7 cm³/mol. The first kappa shape index (κ1) is 13.5. The molecule has 0 N–H and O–H groups in total. The molecule has 0 unspecified atom stereocenters. The fraction of sp³-hybridized carbons (Fsp3) is 0.875. The molecule has 0 bridgehead atoms. The van der Waals surface area contributed by atoms with E-state index in [1.165, 1.54) is 0 Å². The van der Waals surface area contributed by atoms with E-state index in [4.69, 9.17) is 34.8 Å². The van der Waals surface area contributed by atoms with Gasteiger partial charge < -0.3 is 4.90 Å². The normalized spacial score (nSPS) is 12.2. The SMILES string of the molecule is CCN(CC)CCC(=O)C(Cl)(Cl)Cl. The molecule has 0 aliphatic heterocycles. The van der Waals surface area contributed by atoms with Crippen molar-refractivity contribution < 1.29 is 4.79 Å². The summed E-state index contributed by atoms with van der Waals surface area (Å²) in [5.41, 5.74) is 0. The molecule has 0 saturated heterocycles. The van der Waals surface area contributed by atoms with Gasteiger partial charge in [0.25, 0.3) is 0 Å². The summed E-state index contributed by atoms with van der Waals surface area (Å²) >= 11 is 16.2. The minimum absolute atomic E-state index is 0.290. The van der Waals surface area contributed by atoms with Crippen molar-refractivity contribution in [3.63, 3.8) is 0 Å². The Bertz CT molecular complexity index is 163. The molecule has 0 aromatic carbocycles. The number of halogens is 3. The average Bonchev–Trinajstić information content (AvgIpc) is 2.04. The van der Waals surface area contributed by atoms with Crippen LogP contribution in [0.25, 0.3) is 0 Å². The van der Waals surface area contributed by atoms with Gasteiger partial charge in [0.2, 0.25) is 3.79 Å². The van der Waals surface area contributed by atoms with E-state index in [1.54, 1.807) is 0 Å². The van der Waals surface area contributed by atoms with Crippen LogP contribution in [-0.2, 0) is 4.79 Å². The molecule has 0 saturated carbocycles. The second-order valence-electron chi connectivity index (χ2n) is 2.70. The van der Waals surface area contributed by atoms with Crippen LogP contribution in [0.1, 0.15) is 20.3 Å². The van der Waals surface area contributed by atoms with Gasteiger partial charge in [-0.1, -0.05) is 48.7 Å². The fourth-order valence-electron chi connectivity index (χ4n) is 0.941. The standard InChI is InChI=1S/C8H14Cl3NO/c1-3-12(4-2)6-5-7(13)8(9,10)11/h3-6H2,1-2H3. The molecule has 0 spiro atoms. The van der Waals surface area contributed by atoms with Crippen LogP contribution in [0.3, 0.4) is 0 Å². The maximum Gasteiger partial charge on any atom is 0.248 e. The van der Waals surface area contributed by atoms with Crippen molar-refractivity contribution in [1.82, 2.24) is 4.90 Å². The Morgan fingerprint density at radius 3 is 2.00 bits per heavy atom. The van der Waals surface area contributed by atoms with Crippen molar-refractivity contribution >= 4 is 40.6 Å². The lowest BCUT2D eigenvalue weighted by atomic mass is 10.3. The van der Waals surface area contributed by atoms with Crippen LogP contribution >= 0.6 is 34.8 Å². The Kier molecular flexibility index (Phi) is 6.31. The van der Waals surface area contributed by atoms with Crippen LogP contribution < -0.4 is 0 Å². The summed E-state index contributed by atoms with van der Waals surface area (Å²) in [7, 11) is 0. The highest BCUT2D eigenvalue weighted by molar-refractivity contribution is 6.76. The summed E-state index contributed by atoms with van der Waals surface area (Å²) in [6.45, 7) is 6.53. The van der Waals surface area contributed by atoms with Gasteiger partial charge in [0, 0.05) is 13.0 Å². The number of ketones is 1. The van der Waals surface area contributed by atoms with E-state index in [9.17, 15) is 4.79 Å². The zero-order valence-corrected chi connectivity index (χ0v) is 10.1. The van der Waals surface area contributed by atoms with Crippen molar-refractivity contribution in [2.75, 3.05) is 19.6 Å². The topological polar surface area (TPSA) is 20.3 Å². The molecular formula is C8H14Cl3NO. The summed E-state index contributed by atoms with van der Waals surface area (Å²) in [6.07, 6.45) is 0.290. The van der Waals surface area contributed by atoms with E-state index < -0.39 is 3.79 Å². The maximum atomic E-state index is 11.2. The predicted octanol–water partition coefficient (Wildman–Crippen LogP) is 2.66. The van der Waals surface area contributed by atoms with E-state index >= 15 is 0 Å². The van der Waals surface area contributed by atoms with Crippen molar-refractivity contribution in [2.24, 2.45) is 0 Å². The first-order valence-corrected chi connectivity index (χ1v) is 5.37.